The number of hydrogen-bond acceptors (Lipinski definition) is 3. The summed E-state index contributed by atoms with van der Waals surface area (Å²) in [6.07, 6.45) is 1.37. The van der Waals surface area contributed by atoms with Crippen LogP contribution in [0.3, 0.4) is 0 Å². The number of benzene rings is 2. The summed E-state index contributed by atoms with van der Waals surface area (Å²) in [4.78, 5) is 23.6. The third kappa shape index (κ3) is 5.90. The number of carbonyl (C=O) groups is 2. The lowest BCUT2D eigenvalue weighted by atomic mass is 10.2. The van der Waals surface area contributed by atoms with Gasteiger partial charge in [-0.1, -0.05) is 52.5 Å². The number of nitrogens with zero attached hydrogens (tertiary/aromatic N) is 1. The van der Waals surface area contributed by atoms with Gasteiger partial charge in [-0.15, -0.1) is 0 Å². The van der Waals surface area contributed by atoms with Gasteiger partial charge in [0.25, 0.3) is 11.8 Å². The van der Waals surface area contributed by atoms with Crippen LogP contribution in [0.15, 0.2) is 41.5 Å². The van der Waals surface area contributed by atoms with Crippen LogP contribution in [0.4, 0.5) is 0 Å². The zero-order valence-corrected chi connectivity index (χ0v) is 15.5. The lowest BCUT2D eigenvalue weighted by Crippen LogP contribution is -2.34. The van der Waals surface area contributed by atoms with Crippen LogP contribution in [0.2, 0.25) is 20.1 Å². The average molecular weight is 419 g/mol. The molecule has 25 heavy (non-hydrogen) atoms. The van der Waals surface area contributed by atoms with E-state index < -0.39 is 11.8 Å². The molecule has 0 aromatic heterocycles. The molecule has 2 aromatic carbocycles. The van der Waals surface area contributed by atoms with E-state index in [1.165, 1.54) is 24.4 Å². The van der Waals surface area contributed by atoms with Crippen molar-refractivity contribution in [1.29, 1.82) is 0 Å². The molecule has 0 radical (unpaired) electrons. The summed E-state index contributed by atoms with van der Waals surface area (Å²) in [5.74, 6) is -0.965. The zero-order valence-electron chi connectivity index (χ0n) is 12.5. The molecule has 0 aliphatic carbocycles. The molecule has 0 fully saturated rings. The van der Waals surface area contributed by atoms with E-state index >= 15 is 0 Å². The van der Waals surface area contributed by atoms with Crippen LogP contribution >= 0.6 is 46.4 Å². The van der Waals surface area contributed by atoms with Gasteiger partial charge in [-0.2, -0.15) is 5.10 Å². The molecule has 2 N–H and O–H groups in total. The molecule has 5 nitrogen and oxygen atoms in total. The first-order chi connectivity index (χ1) is 11.9. The topological polar surface area (TPSA) is 70.6 Å². The van der Waals surface area contributed by atoms with Gasteiger partial charge in [0.05, 0.1) is 27.8 Å². The Kier molecular flexibility index (Phi) is 7.08. The lowest BCUT2D eigenvalue weighted by molar-refractivity contribution is -0.120. The normalized spacial score (nSPS) is 10.7. The van der Waals surface area contributed by atoms with E-state index in [9.17, 15) is 9.59 Å². The Morgan fingerprint density at radius 2 is 1.72 bits per heavy atom. The molecule has 0 unspecified atom stereocenters. The first kappa shape index (κ1) is 19.5. The molecule has 0 atom stereocenters. The van der Waals surface area contributed by atoms with Crippen LogP contribution in [0, 0.1) is 0 Å². The summed E-state index contributed by atoms with van der Waals surface area (Å²) in [5, 5.41) is 7.70. The SMILES string of the molecule is O=C(CNC(=O)c1ccc(Cl)c(Cl)c1)N/N=C/c1ccc(Cl)cc1Cl. The van der Waals surface area contributed by atoms with Crippen molar-refractivity contribution in [2.45, 2.75) is 0 Å². The molecule has 0 saturated heterocycles. The fourth-order valence-corrected chi connectivity index (χ4v) is 2.47. The van der Waals surface area contributed by atoms with Gasteiger partial charge in [0, 0.05) is 16.1 Å². The Balaban J connectivity index is 1.84. The minimum absolute atomic E-state index is 0.253. The van der Waals surface area contributed by atoms with Gasteiger partial charge >= 0.3 is 0 Å². The number of nitrogens with one attached hydrogen (secondary N) is 2. The molecule has 0 saturated carbocycles. The molecule has 0 spiro atoms. The molecule has 2 rings (SSSR count). The molecule has 130 valence electrons. The van der Waals surface area contributed by atoms with E-state index in [0.29, 0.717) is 26.2 Å². The number of hydrazone groups is 1. The minimum atomic E-state index is -0.505. The quantitative estimate of drug-likeness (QED) is 0.564. The van der Waals surface area contributed by atoms with Crippen molar-refractivity contribution in [2.24, 2.45) is 5.10 Å². The highest BCUT2D eigenvalue weighted by atomic mass is 35.5. The van der Waals surface area contributed by atoms with Gasteiger partial charge < -0.3 is 5.32 Å². The molecule has 0 aliphatic rings. The van der Waals surface area contributed by atoms with Crippen LogP contribution in [0.1, 0.15) is 15.9 Å². The van der Waals surface area contributed by atoms with E-state index in [4.69, 9.17) is 46.4 Å². The van der Waals surface area contributed by atoms with Gasteiger partial charge in [-0.3, -0.25) is 9.59 Å². The van der Waals surface area contributed by atoms with Crippen molar-refractivity contribution >= 4 is 64.4 Å². The van der Waals surface area contributed by atoms with Crippen molar-refractivity contribution in [3.05, 3.63) is 67.6 Å². The second-order valence-electron chi connectivity index (χ2n) is 4.77. The largest absolute Gasteiger partial charge is 0.343 e. The molecule has 2 aromatic rings. The monoisotopic (exact) mass is 417 g/mol. The Hall–Kier alpha value is -1.79. The van der Waals surface area contributed by atoms with Gasteiger partial charge in [-0.05, 0) is 30.3 Å². The Bertz CT molecular complexity index is 840. The zero-order chi connectivity index (χ0) is 18.4. The van der Waals surface area contributed by atoms with Crippen LogP contribution < -0.4 is 10.7 Å². The van der Waals surface area contributed by atoms with Gasteiger partial charge in [-0.25, -0.2) is 5.43 Å². The van der Waals surface area contributed by atoms with Crippen molar-refractivity contribution in [1.82, 2.24) is 10.7 Å². The van der Waals surface area contributed by atoms with Crippen LogP contribution in [-0.4, -0.2) is 24.6 Å². The summed E-state index contributed by atoms with van der Waals surface area (Å²) in [6.45, 7) is -0.259. The lowest BCUT2D eigenvalue weighted by Gasteiger charge is -2.05. The summed E-state index contributed by atoms with van der Waals surface area (Å²) in [6, 6.07) is 9.28. The minimum Gasteiger partial charge on any atom is -0.343 e. The van der Waals surface area contributed by atoms with E-state index in [0.717, 1.165) is 0 Å². The van der Waals surface area contributed by atoms with Gasteiger partial charge in [0.2, 0.25) is 0 Å². The second-order valence-corrected chi connectivity index (χ2v) is 6.43. The van der Waals surface area contributed by atoms with E-state index in [1.54, 1.807) is 18.2 Å². The number of rotatable bonds is 5. The fourth-order valence-electron chi connectivity index (χ4n) is 1.72. The molecular weight excluding hydrogens is 408 g/mol. The Labute approximate surface area is 163 Å². The summed E-state index contributed by atoms with van der Waals surface area (Å²) < 4.78 is 0. The first-order valence-electron chi connectivity index (χ1n) is 6.87. The van der Waals surface area contributed by atoms with Crippen molar-refractivity contribution in [3.8, 4) is 0 Å². The second kappa shape index (κ2) is 9.06. The highest BCUT2D eigenvalue weighted by Gasteiger charge is 2.09. The maximum atomic E-state index is 11.9. The van der Waals surface area contributed by atoms with Crippen LogP contribution in [-0.2, 0) is 4.79 Å². The van der Waals surface area contributed by atoms with E-state index in [2.05, 4.69) is 15.8 Å². The predicted molar refractivity (Wildman–Crippen MR) is 101 cm³/mol. The highest BCUT2D eigenvalue weighted by molar-refractivity contribution is 6.42. The van der Waals surface area contributed by atoms with E-state index in [1.807, 2.05) is 0 Å². The summed E-state index contributed by atoms with van der Waals surface area (Å²) in [5.41, 5.74) is 3.16. The molecule has 0 bridgehead atoms. The molecular formula is C16H11Cl4N3O2. The van der Waals surface area contributed by atoms with Crippen LogP contribution in [0.5, 0.6) is 0 Å². The Morgan fingerprint density at radius 3 is 2.40 bits per heavy atom. The number of hydrogen-bond donors (Lipinski definition) is 2. The maximum absolute atomic E-state index is 11.9. The van der Waals surface area contributed by atoms with Crippen molar-refractivity contribution < 1.29 is 9.59 Å². The average Bonchev–Trinajstić information content (AvgIpc) is 2.57. The predicted octanol–water partition coefficient (Wildman–Crippen LogP) is 4.18. The van der Waals surface area contributed by atoms with E-state index in [-0.39, 0.29) is 11.6 Å². The number of halogens is 4. The van der Waals surface area contributed by atoms with Crippen molar-refractivity contribution in [2.75, 3.05) is 6.54 Å². The van der Waals surface area contributed by atoms with Gasteiger partial charge in [0.15, 0.2) is 0 Å². The van der Waals surface area contributed by atoms with Crippen molar-refractivity contribution in [3.63, 3.8) is 0 Å². The third-order valence-corrected chi connectivity index (χ3v) is 4.25. The first-order valence-corrected chi connectivity index (χ1v) is 8.38. The Morgan fingerprint density at radius 1 is 0.960 bits per heavy atom. The molecule has 0 heterocycles. The highest BCUT2D eigenvalue weighted by Crippen LogP contribution is 2.22. The maximum Gasteiger partial charge on any atom is 0.259 e. The number of amides is 2. The third-order valence-electron chi connectivity index (χ3n) is 2.95. The standard InChI is InChI=1S/C16H11Cl4N3O2/c17-11-3-1-10(13(19)6-11)7-22-23-15(24)8-21-16(25)9-2-4-12(18)14(20)5-9/h1-7H,8H2,(H,21,25)(H,23,24)/b22-7+. The van der Waals surface area contributed by atoms with Crippen LogP contribution in [0.25, 0.3) is 0 Å². The summed E-state index contributed by atoms with van der Waals surface area (Å²) in [7, 11) is 0. The molecule has 9 heteroatoms. The van der Waals surface area contributed by atoms with Gasteiger partial charge in [0.1, 0.15) is 0 Å². The number of carbonyl (C=O) groups excluding carboxylic acids is 2. The molecule has 2 amide bonds. The summed E-state index contributed by atoms with van der Waals surface area (Å²) >= 11 is 23.4. The molecule has 0 aliphatic heterocycles. The smallest absolute Gasteiger partial charge is 0.259 e. The fraction of sp³-hybridized carbons (Fsp3) is 0.0625.